The van der Waals surface area contributed by atoms with Crippen molar-refractivity contribution in [1.29, 1.82) is 0 Å². The molecule has 0 spiro atoms. The Morgan fingerprint density at radius 1 is 1.29 bits per heavy atom. The van der Waals surface area contributed by atoms with Gasteiger partial charge in [-0.15, -0.1) is 0 Å². The fourth-order valence-corrected chi connectivity index (χ4v) is 2.51. The van der Waals surface area contributed by atoms with Gasteiger partial charge in [0, 0.05) is 12.7 Å². The number of rotatable bonds is 4. The third kappa shape index (κ3) is 2.91. The Morgan fingerprint density at radius 3 is 2.52 bits per heavy atom. The summed E-state index contributed by atoms with van der Waals surface area (Å²) in [6.07, 6.45) is 0.567. The zero-order valence-electron chi connectivity index (χ0n) is 12.6. The van der Waals surface area contributed by atoms with Crippen LogP contribution in [0.25, 0.3) is 0 Å². The molecule has 0 bridgehead atoms. The van der Waals surface area contributed by atoms with Crippen LogP contribution in [0.15, 0.2) is 41.6 Å². The zero-order valence-corrected chi connectivity index (χ0v) is 12.6. The van der Waals surface area contributed by atoms with Gasteiger partial charge in [0.2, 0.25) is 0 Å². The van der Waals surface area contributed by atoms with Crippen LogP contribution >= 0.6 is 0 Å². The molecule has 0 fully saturated rings. The maximum Gasteiger partial charge on any atom is 0.338 e. The molecule has 5 nitrogen and oxygen atoms in total. The van der Waals surface area contributed by atoms with Crippen molar-refractivity contribution in [3.8, 4) is 0 Å². The second kappa shape index (κ2) is 6.43. The summed E-state index contributed by atoms with van der Waals surface area (Å²) in [7, 11) is 1.68. The Morgan fingerprint density at radius 2 is 1.95 bits per heavy atom. The summed E-state index contributed by atoms with van der Waals surface area (Å²) in [5.74, 6) is -0.380. The number of hydrogen-bond donors (Lipinski definition) is 1. The Bertz CT molecular complexity index is 566. The van der Waals surface area contributed by atoms with Gasteiger partial charge in [0.05, 0.1) is 18.2 Å². The number of amides is 2. The molecule has 0 saturated heterocycles. The molecule has 0 saturated carbocycles. The third-order valence-electron chi connectivity index (χ3n) is 3.53. The van der Waals surface area contributed by atoms with Gasteiger partial charge in [0.25, 0.3) is 0 Å². The van der Waals surface area contributed by atoms with Crippen LogP contribution in [0.5, 0.6) is 0 Å². The van der Waals surface area contributed by atoms with E-state index >= 15 is 0 Å². The summed E-state index contributed by atoms with van der Waals surface area (Å²) in [5.41, 5.74) is 2.03. The molecule has 1 unspecified atom stereocenters. The molecule has 0 aliphatic carbocycles. The number of urea groups is 1. The van der Waals surface area contributed by atoms with Crippen molar-refractivity contribution in [3.63, 3.8) is 0 Å². The lowest BCUT2D eigenvalue weighted by atomic mass is 9.93. The van der Waals surface area contributed by atoms with Crippen molar-refractivity contribution in [2.24, 2.45) is 0 Å². The van der Waals surface area contributed by atoms with Crippen molar-refractivity contribution >= 4 is 12.0 Å². The van der Waals surface area contributed by atoms with E-state index in [2.05, 4.69) is 5.32 Å². The lowest BCUT2D eigenvalue weighted by molar-refractivity contribution is -0.139. The summed E-state index contributed by atoms with van der Waals surface area (Å²) >= 11 is 0. The first-order valence-corrected chi connectivity index (χ1v) is 7.09. The van der Waals surface area contributed by atoms with Crippen LogP contribution in [-0.2, 0) is 9.53 Å². The normalized spacial score (nSPS) is 18.5. The topological polar surface area (TPSA) is 58.6 Å². The molecule has 1 aromatic carbocycles. The number of hydrogen-bond acceptors (Lipinski definition) is 3. The Labute approximate surface area is 124 Å². The highest BCUT2D eigenvalue weighted by Gasteiger charge is 2.36. The molecule has 0 radical (unpaired) electrons. The highest BCUT2D eigenvalue weighted by Crippen LogP contribution is 2.33. The molecule has 0 aromatic heterocycles. The predicted molar refractivity (Wildman–Crippen MR) is 79.4 cm³/mol. The van der Waals surface area contributed by atoms with Gasteiger partial charge in [0.1, 0.15) is 0 Å². The van der Waals surface area contributed by atoms with E-state index in [0.29, 0.717) is 24.3 Å². The van der Waals surface area contributed by atoms with Crippen LogP contribution in [-0.4, -0.2) is 30.6 Å². The summed E-state index contributed by atoms with van der Waals surface area (Å²) in [5, 5.41) is 2.77. The van der Waals surface area contributed by atoms with Gasteiger partial charge in [0.15, 0.2) is 0 Å². The molecule has 1 aromatic rings. The first-order chi connectivity index (χ1) is 10.1. The number of allylic oxidation sites excluding steroid dienone is 1. The van der Waals surface area contributed by atoms with E-state index < -0.39 is 6.04 Å². The molecule has 112 valence electrons. The van der Waals surface area contributed by atoms with Crippen molar-refractivity contribution < 1.29 is 14.3 Å². The minimum Gasteiger partial charge on any atom is -0.463 e. The SMILES string of the molecule is CCOC(=O)C1=C(CC)NC(=O)N(C)C1c1ccccc1. The molecule has 21 heavy (non-hydrogen) atoms. The highest BCUT2D eigenvalue weighted by molar-refractivity contribution is 5.95. The Kier molecular flexibility index (Phi) is 4.62. The van der Waals surface area contributed by atoms with E-state index in [1.165, 1.54) is 4.90 Å². The van der Waals surface area contributed by atoms with E-state index in [-0.39, 0.29) is 12.0 Å². The number of nitrogens with one attached hydrogen (secondary N) is 1. The van der Waals surface area contributed by atoms with Crippen LogP contribution in [0.4, 0.5) is 4.79 Å². The van der Waals surface area contributed by atoms with E-state index in [0.717, 1.165) is 5.56 Å². The van der Waals surface area contributed by atoms with Crippen molar-refractivity contribution in [3.05, 3.63) is 47.2 Å². The predicted octanol–water partition coefficient (Wildman–Crippen LogP) is 2.61. The van der Waals surface area contributed by atoms with Gasteiger partial charge in [-0.2, -0.15) is 0 Å². The standard InChI is InChI=1S/C16H20N2O3/c1-4-12-13(15(19)21-5-2)14(18(3)16(20)17-12)11-9-7-6-8-10-11/h6-10,14H,4-5H2,1-3H3,(H,17,20). The smallest absolute Gasteiger partial charge is 0.338 e. The van der Waals surface area contributed by atoms with Crippen LogP contribution in [0.2, 0.25) is 0 Å². The van der Waals surface area contributed by atoms with Crippen LogP contribution in [0, 0.1) is 0 Å². The number of carbonyl (C=O) groups excluding carboxylic acids is 2. The summed E-state index contributed by atoms with van der Waals surface area (Å²) in [4.78, 5) is 26.0. The van der Waals surface area contributed by atoms with E-state index in [9.17, 15) is 9.59 Å². The van der Waals surface area contributed by atoms with Crippen LogP contribution in [0.3, 0.4) is 0 Å². The first-order valence-electron chi connectivity index (χ1n) is 7.09. The number of likely N-dealkylation sites (N-methyl/N-ethyl adjacent to an activating group) is 1. The number of nitrogens with zero attached hydrogens (tertiary/aromatic N) is 1. The molecule has 5 heteroatoms. The molecule has 2 rings (SSSR count). The second-order valence-corrected chi connectivity index (χ2v) is 4.82. The number of benzene rings is 1. The Hall–Kier alpha value is -2.30. The third-order valence-corrected chi connectivity index (χ3v) is 3.53. The molecule has 2 amide bonds. The van der Waals surface area contributed by atoms with Gasteiger partial charge >= 0.3 is 12.0 Å². The average Bonchev–Trinajstić information content (AvgIpc) is 2.50. The molecule has 1 aliphatic heterocycles. The van der Waals surface area contributed by atoms with Gasteiger partial charge < -0.3 is 15.0 Å². The maximum atomic E-state index is 12.3. The van der Waals surface area contributed by atoms with Gasteiger partial charge in [-0.25, -0.2) is 9.59 Å². The minimum atomic E-state index is -0.422. The lowest BCUT2D eigenvalue weighted by Gasteiger charge is -2.35. The van der Waals surface area contributed by atoms with Crippen molar-refractivity contribution in [1.82, 2.24) is 10.2 Å². The monoisotopic (exact) mass is 288 g/mol. The summed E-state index contributed by atoms with van der Waals surface area (Å²) in [6, 6.07) is 8.87. The highest BCUT2D eigenvalue weighted by atomic mass is 16.5. The number of ether oxygens (including phenoxy) is 1. The van der Waals surface area contributed by atoms with Crippen LogP contribution in [0.1, 0.15) is 31.9 Å². The molecule has 1 N–H and O–H groups in total. The summed E-state index contributed by atoms with van der Waals surface area (Å²) in [6.45, 7) is 3.98. The van der Waals surface area contributed by atoms with Crippen molar-refractivity contribution in [2.75, 3.05) is 13.7 Å². The quantitative estimate of drug-likeness (QED) is 0.866. The van der Waals surface area contributed by atoms with Gasteiger partial charge in [-0.1, -0.05) is 37.3 Å². The molecular formula is C16H20N2O3. The van der Waals surface area contributed by atoms with Crippen molar-refractivity contribution in [2.45, 2.75) is 26.3 Å². The van der Waals surface area contributed by atoms with Gasteiger partial charge in [-0.3, -0.25) is 0 Å². The molecular weight excluding hydrogens is 268 g/mol. The first kappa shape index (κ1) is 15.1. The molecule has 1 aliphatic rings. The fraction of sp³-hybridized carbons (Fsp3) is 0.375. The van der Waals surface area contributed by atoms with Gasteiger partial charge in [-0.05, 0) is 18.9 Å². The molecule has 1 heterocycles. The molecule has 1 atom stereocenters. The maximum absolute atomic E-state index is 12.3. The zero-order chi connectivity index (χ0) is 15.4. The minimum absolute atomic E-state index is 0.214. The lowest BCUT2D eigenvalue weighted by Crippen LogP contribution is -2.46. The van der Waals surface area contributed by atoms with E-state index in [4.69, 9.17) is 4.74 Å². The average molecular weight is 288 g/mol. The van der Waals surface area contributed by atoms with E-state index in [1.807, 2.05) is 37.3 Å². The summed E-state index contributed by atoms with van der Waals surface area (Å²) < 4.78 is 5.17. The van der Waals surface area contributed by atoms with E-state index in [1.54, 1.807) is 14.0 Å². The Balaban J connectivity index is 2.54. The number of carbonyl (C=O) groups is 2. The number of esters is 1. The van der Waals surface area contributed by atoms with Crippen LogP contribution < -0.4 is 5.32 Å². The largest absolute Gasteiger partial charge is 0.463 e. The second-order valence-electron chi connectivity index (χ2n) is 4.82. The fourth-order valence-electron chi connectivity index (χ4n) is 2.51.